The van der Waals surface area contributed by atoms with Gasteiger partial charge in [-0.1, -0.05) is 13.3 Å². The fourth-order valence-corrected chi connectivity index (χ4v) is 2.34. The molecule has 1 aromatic rings. The van der Waals surface area contributed by atoms with Crippen LogP contribution in [0.2, 0.25) is 0 Å². The zero-order valence-corrected chi connectivity index (χ0v) is 16.5. The summed E-state index contributed by atoms with van der Waals surface area (Å²) in [4.78, 5) is 4.30. The number of benzene rings is 1. The number of ether oxygens (including phenoxy) is 2. The van der Waals surface area contributed by atoms with Crippen molar-refractivity contribution in [2.24, 2.45) is 10.7 Å². The van der Waals surface area contributed by atoms with Gasteiger partial charge in [0.25, 0.3) is 0 Å². The molecule has 0 bridgehead atoms. The van der Waals surface area contributed by atoms with Gasteiger partial charge in [-0.15, -0.1) is 24.0 Å². The van der Waals surface area contributed by atoms with Crippen LogP contribution in [0.25, 0.3) is 0 Å². The van der Waals surface area contributed by atoms with Gasteiger partial charge in [0.15, 0.2) is 17.5 Å². The lowest BCUT2D eigenvalue weighted by molar-refractivity contribution is 0.352. The van der Waals surface area contributed by atoms with E-state index < -0.39 is 0 Å². The normalized spacial score (nSPS) is 10.8. The van der Waals surface area contributed by atoms with Gasteiger partial charge in [-0.05, 0) is 40.0 Å². The second kappa shape index (κ2) is 10.9. The quantitative estimate of drug-likeness (QED) is 0.277. The Bertz CT molecular complexity index is 470. The van der Waals surface area contributed by atoms with E-state index in [4.69, 9.17) is 15.2 Å². The van der Waals surface area contributed by atoms with E-state index in [1.807, 2.05) is 12.1 Å². The maximum atomic E-state index is 5.80. The smallest absolute Gasteiger partial charge is 0.188 e. The molecule has 0 aliphatic rings. The second-order valence-corrected chi connectivity index (χ2v) is 5.15. The maximum Gasteiger partial charge on any atom is 0.188 e. The van der Waals surface area contributed by atoms with E-state index in [0.29, 0.717) is 24.0 Å². The third-order valence-corrected chi connectivity index (χ3v) is 3.35. The molecule has 0 atom stereocenters. The minimum absolute atomic E-state index is 0. The molecule has 0 heterocycles. The molecule has 0 saturated carbocycles. The fourth-order valence-electron chi connectivity index (χ4n) is 1.69. The Morgan fingerprint density at radius 2 is 2.05 bits per heavy atom. The van der Waals surface area contributed by atoms with Gasteiger partial charge in [0.2, 0.25) is 0 Å². The van der Waals surface area contributed by atoms with Crippen molar-refractivity contribution in [3.05, 3.63) is 22.2 Å². The number of nitrogens with two attached hydrogens (primary N) is 1. The van der Waals surface area contributed by atoms with Crippen LogP contribution in [0.4, 0.5) is 0 Å². The average Bonchev–Trinajstić information content (AvgIpc) is 2.44. The van der Waals surface area contributed by atoms with Gasteiger partial charge in [-0.25, -0.2) is 4.99 Å². The van der Waals surface area contributed by atoms with Crippen LogP contribution in [0.5, 0.6) is 11.5 Å². The third-order valence-electron chi connectivity index (χ3n) is 2.76. The maximum absolute atomic E-state index is 5.80. The topological polar surface area (TPSA) is 68.9 Å². The molecule has 0 saturated heterocycles. The van der Waals surface area contributed by atoms with Gasteiger partial charge in [0.1, 0.15) is 0 Å². The molecule has 0 fully saturated rings. The number of hydrogen-bond donors (Lipinski definition) is 2. The molecule has 0 radical (unpaired) electrons. The molecular formula is C14H23BrIN3O2. The molecule has 3 N–H and O–H groups in total. The number of rotatable bonds is 7. The molecule has 0 amide bonds. The summed E-state index contributed by atoms with van der Waals surface area (Å²) in [6, 6.07) is 3.84. The number of hydrogen-bond acceptors (Lipinski definition) is 3. The van der Waals surface area contributed by atoms with E-state index in [9.17, 15) is 0 Å². The van der Waals surface area contributed by atoms with Crippen molar-refractivity contribution >= 4 is 45.9 Å². The van der Waals surface area contributed by atoms with Crippen molar-refractivity contribution in [1.29, 1.82) is 0 Å². The molecule has 0 spiro atoms. The summed E-state index contributed by atoms with van der Waals surface area (Å²) < 4.78 is 11.4. The summed E-state index contributed by atoms with van der Waals surface area (Å²) in [6.45, 7) is 3.47. The summed E-state index contributed by atoms with van der Waals surface area (Å²) >= 11 is 3.46. The highest BCUT2D eigenvalue weighted by Gasteiger charge is 2.10. The summed E-state index contributed by atoms with van der Waals surface area (Å²) in [7, 11) is 3.22. The van der Waals surface area contributed by atoms with E-state index in [1.54, 1.807) is 14.2 Å². The van der Waals surface area contributed by atoms with Crippen LogP contribution in [0.3, 0.4) is 0 Å². The van der Waals surface area contributed by atoms with Crippen molar-refractivity contribution in [2.45, 2.75) is 26.3 Å². The summed E-state index contributed by atoms with van der Waals surface area (Å²) in [5, 5.41) is 3.08. The summed E-state index contributed by atoms with van der Waals surface area (Å²) in [5.41, 5.74) is 6.79. The van der Waals surface area contributed by atoms with Crippen LogP contribution in [0.15, 0.2) is 21.6 Å². The zero-order valence-electron chi connectivity index (χ0n) is 12.6. The molecule has 7 heteroatoms. The Labute approximate surface area is 151 Å². The average molecular weight is 472 g/mol. The van der Waals surface area contributed by atoms with E-state index in [0.717, 1.165) is 29.4 Å². The lowest BCUT2D eigenvalue weighted by Crippen LogP contribution is -2.32. The number of guanidine groups is 1. The minimum atomic E-state index is 0. The lowest BCUT2D eigenvalue weighted by Gasteiger charge is -2.11. The Balaban J connectivity index is 0.00000400. The van der Waals surface area contributed by atoms with E-state index >= 15 is 0 Å². The molecular weight excluding hydrogens is 449 g/mol. The largest absolute Gasteiger partial charge is 0.493 e. The first kappa shape index (κ1) is 20.3. The van der Waals surface area contributed by atoms with Gasteiger partial charge < -0.3 is 20.5 Å². The minimum Gasteiger partial charge on any atom is -0.493 e. The number of nitrogens with zero attached hydrogens (tertiary/aromatic N) is 1. The monoisotopic (exact) mass is 471 g/mol. The van der Waals surface area contributed by atoms with Crippen molar-refractivity contribution in [2.75, 3.05) is 20.8 Å². The van der Waals surface area contributed by atoms with Gasteiger partial charge in [-0.2, -0.15) is 0 Å². The standard InChI is InChI=1S/C14H22BrN3O2.HI/c1-4-5-6-17-14(16)18-9-10-7-11(15)13(20-3)12(8-10)19-2;/h7-8H,4-6,9H2,1-3H3,(H3,16,17,18);1H. The summed E-state index contributed by atoms with van der Waals surface area (Å²) in [5.74, 6) is 1.81. The predicted molar refractivity (Wildman–Crippen MR) is 101 cm³/mol. The van der Waals surface area contributed by atoms with Crippen LogP contribution in [0, 0.1) is 0 Å². The summed E-state index contributed by atoms with van der Waals surface area (Å²) in [6.07, 6.45) is 2.21. The van der Waals surface area contributed by atoms with Gasteiger partial charge >= 0.3 is 0 Å². The lowest BCUT2D eigenvalue weighted by atomic mass is 10.2. The second-order valence-electron chi connectivity index (χ2n) is 4.29. The number of methoxy groups -OCH3 is 2. The molecule has 21 heavy (non-hydrogen) atoms. The molecule has 0 aliphatic heterocycles. The fraction of sp³-hybridized carbons (Fsp3) is 0.500. The highest BCUT2D eigenvalue weighted by molar-refractivity contribution is 14.0. The Morgan fingerprint density at radius 1 is 1.33 bits per heavy atom. The number of unbranched alkanes of at least 4 members (excludes halogenated alkanes) is 1. The van der Waals surface area contributed by atoms with Crippen molar-refractivity contribution in [3.63, 3.8) is 0 Å². The highest BCUT2D eigenvalue weighted by Crippen LogP contribution is 2.36. The van der Waals surface area contributed by atoms with Gasteiger partial charge in [-0.3, -0.25) is 0 Å². The SMILES string of the molecule is CCCCNC(N)=NCc1cc(Br)c(OC)c(OC)c1.I. The molecule has 0 aliphatic carbocycles. The molecule has 1 aromatic carbocycles. The number of nitrogens with one attached hydrogen (secondary N) is 1. The first-order valence-electron chi connectivity index (χ1n) is 6.56. The van der Waals surface area contributed by atoms with Crippen molar-refractivity contribution < 1.29 is 9.47 Å². The molecule has 0 aromatic heterocycles. The van der Waals surface area contributed by atoms with Crippen molar-refractivity contribution in [1.82, 2.24) is 5.32 Å². The Kier molecular flexibility index (Phi) is 10.6. The van der Waals surface area contributed by atoms with E-state index in [2.05, 4.69) is 33.2 Å². The van der Waals surface area contributed by atoms with Gasteiger partial charge in [0.05, 0.1) is 25.2 Å². The van der Waals surface area contributed by atoms with Gasteiger partial charge in [0, 0.05) is 6.54 Å². The molecule has 1 rings (SSSR count). The highest BCUT2D eigenvalue weighted by atomic mass is 127. The van der Waals surface area contributed by atoms with Crippen LogP contribution in [0.1, 0.15) is 25.3 Å². The Hall–Kier alpha value is -0.700. The molecule has 0 unspecified atom stereocenters. The van der Waals surface area contributed by atoms with Crippen LogP contribution < -0.4 is 20.5 Å². The third kappa shape index (κ3) is 6.73. The van der Waals surface area contributed by atoms with Crippen LogP contribution in [-0.2, 0) is 6.54 Å². The number of aliphatic imine (C=N–C) groups is 1. The Morgan fingerprint density at radius 3 is 2.62 bits per heavy atom. The van der Waals surface area contributed by atoms with E-state index in [1.165, 1.54) is 0 Å². The predicted octanol–water partition coefficient (Wildman–Crippen LogP) is 3.29. The number of halogens is 2. The molecule has 5 nitrogen and oxygen atoms in total. The van der Waals surface area contributed by atoms with Crippen molar-refractivity contribution in [3.8, 4) is 11.5 Å². The van der Waals surface area contributed by atoms with E-state index in [-0.39, 0.29) is 24.0 Å². The zero-order chi connectivity index (χ0) is 15.0. The van der Waals surface area contributed by atoms with Crippen LogP contribution in [-0.4, -0.2) is 26.7 Å². The first-order chi connectivity index (χ1) is 9.62. The van der Waals surface area contributed by atoms with Crippen LogP contribution >= 0.6 is 39.9 Å². The molecule has 120 valence electrons. The first-order valence-corrected chi connectivity index (χ1v) is 7.35.